The third-order valence-corrected chi connectivity index (χ3v) is 2.45. The van der Waals surface area contributed by atoms with Gasteiger partial charge < -0.3 is 15.2 Å². The first-order chi connectivity index (χ1) is 8.27. The van der Waals surface area contributed by atoms with Gasteiger partial charge in [-0.05, 0) is 12.1 Å². The summed E-state index contributed by atoms with van der Waals surface area (Å²) >= 11 is 0. The topological polar surface area (TPSA) is 58.6 Å². The lowest BCUT2D eigenvalue weighted by molar-refractivity contribution is -0.256. The molecule has 1 atom stereocenters. The summed E-state index contributed by atoms with van der Waals surface area (Å²) in [5.74, 6) is -1.44. The third kappa shape index (κ3) is 2.26. The standard InChI is InChI=1S/C11H12F3NO3/c1-15-9(16)10(17,11(12,13)14)7-4-3-5-8(6-7)18-2/h3-6,17H,1-2H3,(H,15,16)/t10-/m1/s1. The van der Waals surface area contributed by atoms with Crippen molar-refractivity contribution in [3.8, 4) is 5.75 Å². The highest BCUT2D eigenvalue weighted by atomic mass is 19.4. The van der Waals surface area contributed by atoms with Gasteiger partial charge in [0, 0.05) is 12.6 Å². The van der Waals surface area contributed by atoms with Gasteiger partial charge in [-0.25, -0.2) is 0 Å². The van der Waals surface area contributed by atoms with Crippen LogP contribution in [0.5, 0.6) is 5.75 Å². The second kappa shape index (κ2) is 4.85. The SMILES string of the molecule is CNC(=O)[C@](O)(c1cccc(OC)c1)C(F)(F)F. The average molecular weight is 263 g/mol. The molecule has 1 aromatic rings. The van der Waals surface area contributed by atoms with Crippen molar-refractivity contribution in [2.75, 3.05) is 14.2 Å². The molecule has 0 saturated heterocycles. The minimum Gasteiger partial charge on any atom is -0.497 e. The molecule has 0 aliphatic heterocycles. The van der Waals surface area contributed by atoms with E-state index in [4.69, 9.17) is 4.74 Å². The summed E-state index contributed by atoms with van der Waals surface area (Å²) in [5, 5.41) is 11.5. The molecule has 0 bridgehead atoms. The lowest BCUT2D eigenvalue weighted by Gasteiger charge is -2.29. The molecule has 1 aromatic carbocycles. The van der Waals surface area contributed by atoms with E-state index >= 15 is 0 Å². The van der Waals surface area contributed by atoms with E-state index in [9.17, 15) is 23.1 Å². The van der Waals surface area contributed by atoms with Gasteiger partial charge in [-0.2, -0.15) is 13.2 Å². The fraction of sp³-hybridized carbons (Fsp3) is 0.364. The summed E-state index contributed by atoms with van der Waals surface area (Å²) < 4.78 is 43.5. The molecular weight excluding hydrogens is 251 g/mol. The number of amides is 1. The van der Waals surface area contributed by atoms with Crippen molar-refractivity contribution < 1.29 is 27.8 Å². The summed E-state index contributed by atoms with van der Waals surface area (Å²) in [5.41, 5.74) is -4.20. The molecule has 0 aliphatic carbocycles. The molecular formula is C11H12F3NO3. The molecule has 7 heteroatoms. The number of benzene rings is 1. The molecule has 0 aromatic heterocycles. The Bertz CT molecular complexity index is 447. The van der Waals surface area contributed by atoms with Crippen LogP contribution in [-0.2, 0) is 10.4 Å². The number of hydrogen-bond acceptors (Lipinski definition) is 3. The van der Waals surface area contributed by atoms with Gasteiger partial charge in [-0.15, -0.1) is 0 Å². The van der Waals surface area contributed by atoms with Crippen molar-refractivity contribution in [1.82, 2.24) is 5.32 Å². The van der Waals surface area contributed by atoms with E-state index in [1.807, 2.05) is 0 Å². The number of carbonyl (C=O) groups is 1. The van der Waals surface area contributed by atoms with Gasteiger partial charge in [-0.3, -0.25) is 4.79 Å². The third-order valence-electron chi connectivity index (χ3n) is 2.45. The van der Waals surface area contributed by atoms with Crippen molar-refractivity contribution in [2.45, 2.75) is 11.8 Å². The molecule has 0 aliphatic rings. The summed E-state index contributed by atoms with van der Waals surface area (Å²) in [7, 11) is 2.28. The van der Waals surface area contributed by atoms with Crippen LogP contribution in [0, 0.1) is 0 Å². The van der Waals surface area contributed by atoms with Gasteiger partial charge in [0.05, 0.1) is 7.11 Å². The highest BCUT2D eigenvalue weighted by Crippen LogP contribution is 2.40. The minimum atomic E-state index is -5.14. The molecule has 0 saturated carbocycles. The van der Waals surface area contributed by atoms with E-state index in [1.54, 1.807) is 5.32 Å². The van der Waals surface area contributed by atoms with Crippen LogP contribution < -0.4 is 10.1 Å². The summed E-state index contributed by atoms with van der Waals surface area (Å²) in [6.45, 7) is 0. The van der Waals surface area contributed by atoms with Crippen LogP contribution in [0.15, 0.2) is 24.3 Å². The lowest BCUT2D eigenvalue weighted by Crippen LogP contribution is -2.53. The highest BCUT2D eigenvalue weighted by molar-refractivity contribution is 5.87. The van der Waals surface area contributed by atoms with Gasteiger partial charge in [0.2, 0.25) is 0 Å². The van der Waals surface area contributed by atoms with E-state index in [-0.39, 0.29) is 5.75 Å². The number of methoxy groups -OCH3 is 1. The largest absolute Gasteiger partial charge is 0.497 e. The average Bonchev–Trinajstić information content (AvgIpc) is 2.35. The van der Waals surface area contributed by atoms with Gasteiger partial charge in [0.15, 0.2) is 0 Å². The van der Waals surface area contributed by atoms with Crippen molar-refractivity contribution in [3.63, 3.8) is 0 Å². The van der Waals surface area contributed by atoms with Gasteiger partial charge in [-0.1, -0.05) is 12.1 Å². The minimum absolute atomic E-state index is 0.110. The van der Waals surface area contributed by atoms with E-state index in [0.717, 1.165) is 19.2 Å². The number of ether oxygens (including phenoxy) is 1. The molecule has 1 rings (SSSR count). The summed E-state index contributed by atoms with van der Waals surface area (Å²) in [6, 6.07) is 4.63. The molecule has 4 nitrogen and oxygen atoms in total. The Hall–Kier alpha value is -1.76. The highest BCUT2D eigenvalue weighted by Gasteiger charge is 2.60. The predicted octanol–water partition coefficient (Wildman–Crippen LogP) is 1.19. The lowest BCUT2D eigenvalue weighted by atomic mass is 9.92. The van der Waals surface area contributed by atoms with E-state index < -0.39 is 23.2 Å². The van der Waals surface area contributed by atoms with Crippen molar-refractivity contribution in [1.29, 1.82) is 0 Å². The first-order valence-corrected chi connectivity index (χ1v) is 4.93. The number of carbonyl (C=O) groups excluding carboxylic acids is 1. The van der Waals surface area contributed by atoms with Gasteiger partial charge >= 0.3 is 6.18 Å². The molecule has 2 N–H and O–H groups in total. The Morgan fingerprint density at radius 2 is 2.00 bits per heavy atom. The second-order valence-corrected chi connectivity index (χ2v) is 3.52. The first kappa shape index (κ1) is 14.3. The number of rotatable bonds is 3. The number of alkyl halides is 3. The second-order valence-electron chi connectivity index (χ2n) is 3.52. The molecule has 0 fully saturated rings. The molecule has 0 radical (unpaired) electrons. The Labute approximate surface area is 101 Å². The van der Waals surface area contributed by atoms with Crippen molar-refractivity contribution in [3.05, 3.63) is 29.8 Å². The fourth-order valence-corrected chi connectivity index (χ4v) is 1.45. The van der Waals surface area contributed by atoms with Gasteiger partial charge in [0.25, 0.3) is 11.5 Å². The van der Waals surface area contributed by atoms with Crippen LogP contribution in [0.4, 0.5) is 13.2 Å². The zero-order valence-electron chi connectivity index (χ0n) is 9.71. The zero-order valence-corrected chi connectivity index (χ0v) is 9.71. The van der Waals surface area contributed by atoms with Crippen LogP contribution in [0.1, 0.15) is 5.56 Å². The number of hydrogen-bond donors (Lipinski definition) is 2. The zero-order chi connectivity index (χ0) is 14.0. The summed E-state index contributed by atoms with van der Waals surface area (Å²) in [6.07, 6.45) is -5.14. The van der Waals surface area contributed by atoms with E-state index in [1.165, 1.54) is 19.2 Å². The van der Waals surface area contributed by atoms with Gasteiger partial charge in [0.1, 0.15) is 5.75 Å². The molecule has 100 valence electrons. The van der Waals surface area contributed by atoms with Crippen LogP contribution in [0.25, 0.3) is 0 Å². The normalized spacial score (nSPS) is 14.8. The molecule has 0 heterocycles. The number of nitrogens with one attached hydrogen (secondary N) is 1. The first-order valence-electron chi connectivity index (χ1n) is 4.93. The van der Waals surface area contributed by atoms with Crippen LogP contribution in [0.2, 0.25) is 0 Å². The molecule has 18 heavy (non-hydrogen) atoms. The Morgan fingerprint density at radius 3 is 2.44 bits per heavy atom. The Balaban J connectivity index is 3.39. The van der Waals surface area contributed by atoms with E-state index in [0.29, 0.717) is 0 Å². The monoisotopic (exact) mass is 263 g/mol. The van der Waals surface area contributed by atoms with Crippen LogP contribution in [-0.4, -0.2) is 31.3 Å². The molecule has 0 unspecified atom stereocenters. The number of likely N-dealkylation sites (N-methyl/N-ethyl adjacent to an activating group) is 1. The maximum atomic E-state index is 12.9. The maximum absolute atomic E-state index is 12.9. The summed E-state index contributed by atoms with van der Waals surface area (Å²) in [4.78, 5) is 11.4. The maximum Gasteiger partial charge on any atom is 0.430 e. The quantitative estimate of drug-likeness (QED) is 0.861. The van der Waals surface area contributed by atoms with Crippen LogP contribution >= 0.6 is 0 Å². The van der Waals surface area contributed by atoms with Crippen molar-refractivity contribution in [2.24, 2.45) is 0 Å². The van der Waals surface area contributed by atoms with E-state index in [2.05, 4.69) is 0 Å². The fourth-order valence-electron chi connectivity index (χ4n) is 1.45. The predicted molar refractivity (Wildman–Crippen MR) is 57.0 cm³/mol. The van der Waals surface area contributed by atoms with Crippen LogP contribution in [0.3, 0.4) is 0 Å². The molecule has 1 amide bonds. The van der Waals surface area contributed by atoms with Crippen molar-refractivity contribution >= 4 is 5.91 Å². The smallest absolute Gasteiger partial charge is 0.430 e. The number of halogens is 3. The Kier molecular flexibility index (Phi) is 3.85. The number of aliphatic hydroxyl groups is 1. The Morgan fingerprint density at radius 1 is 1.39 bits per heavy atom. The molecule has 0 spiro atoms.